The second-order valence-corrected chi connectivity index (χ2v) is 6.25. The van der Waals surface area contributed by atoms with E-state index in [4.69, 9.17) is 5.73 Å². The first-order valence-electron chi connectivity index (χ1n) is 5.94. The van der Waals surface area contributed by atoms with Gasteiger partial charge in [0.15, 0.2) is 5.82 Å². The first-order chi connectivity index (χ1) is 9.72. The molecule has 0 bridgehead atoms. The number of hydrogen-bond acceptors (Lipinski definition) is 4. The van der Waals surface area contributed by atoms with Gasteiger partial charge in [-0.1, -0.05) is 0 Å². The molecule has 0 fully saturated rings. The van der Waals surface area contributed by atoms with Crippen molar-refractivity contribution in [3.8, 4) is 0 Å². The summed E-state index contributed by atoms with van der Waals surface area (Å²) in [5, 5.41) is 4.07. The molecule has 0 spiro atoms. The number of rotatable bonds is 4. The molecule has 0 aliphatic heterocycles. The van der Waals surface area contributed by atoms with Crippen LogP contribution in [-0.4, -0.2) is 18.2 Å². The molecule has 21 heavy (non-hydrogen) atoms. The van der Waals surface area contributed by atoms with Gasteiger partial charge in [-0.15, -0.1) is 0 Å². The van der Waals surface area contributed by atoms with Gasteiger partial charge in [0.1, 0.15) is 16.4 Å². The monoisotopic (exact) mass is 316 g/mol. The summed E-state index contributed by atoms with van der Waals surface area (Å²) in [5.41, 5.74) is 5.64. The Morgan fingerprint density at radius 3 is 2.62 bits per heavy atom. The van der Waals surface area contributed by atoms with E-state index in [0.29, 0.717) is 11.3 Å². The Balaban J connectivity index is 2.27. The minimum Gasteiger partial charge on any atom is -0.394 e. The van der Waals surface area contributed by atoms with E-state index in [9.17, 15) is 17.2 Å². The average molecular weight is 316 g/mol. The number of halogens is 2. The van der Waals surface area contributed by atoms with Crippen molar-refractivity contribution in [3.63, 3.8) is 0 Å². The molecule has 0 unspecified atom stereocenters. The van der Waals surface area contributed by atoms with Crippen LogP contribution in [-0.2, 0) is 23.6 Å². The summed E-state index contributed by atoms with van der Waals surface area (Å²) < 4.78 is 54.7. The number of sulfonamides is 1. The number of nitrogen functional groups attached to an aromatic ring is 1. The quantitative estimate of drug-likeness (QED) is 0.826. The van der Waals surface area contributed by atoms with E-state index >= 15 is 0 Å². The molecular weight excluding hydrogens is 302 g/mol. The Bertz CT molecular complexity index is 787. The third-order valence-electron chi connectivity index (χ3n) is 2.95. The van der Waals surface area contributed by atoms with Crippen LogP contribution in [0.5, 0.6) is 0 Å². The fraction of sp³-hybridized carbons (Fsp3) is 0.250. The van der Waals surface area contributed by atoms with Crippen LogP contribution in [0.15, 0.2) is 23.2 Å². The minimum absolute atomic E-state index is 0.0568. The fourth-order valence-corrected chi connectivity index (χ4v) is 2.92. The molecular formula is C12H14F2N4O2S. The van der Waals surface area contributed by atoms with Crippen molar-refractivity contribution in [2.45, 2.75) is 18.4 Å². The van der Waals surface area contributed by atoms with Gasteiger partial charge in [-0.25, -0.2) is 21.9 Å². The molecule has 1 heterocycles. The van der Waals surface area contributed by atoms with Crippen LogP contribution in [0, 0.1) is 18.6 Å². The van der Waals surface area contributed by atoms with Gasteiger partial charge in [0.05, 0.1) is 5.69 Å². The maximum Gasteiger partial charge on any atom is 0.243 e. The van der Waals surface area contributed by atoms with Gasteiger partial charge < -0.3 is 5.73 Å². The summed E-state index contributed by atoms with van der Waals surface area (Å²) in [6.45, 7) is 1.67. The smallest absolute Gasteiger partial charge is 0.243 e. The lowest BCUT2D eigenvalue weighted by Gasteiger charge is -2.09. The Kier molecular flexibility index (Phi) is 3.97. The van der Waals surface area contributed by atoms with E-state index in [1.54, 1.807) is 20.2 Å². The normalized spacial score (nSPS) is 11.8. The van der Waals surface area contributed by atoms with Crippen molar-refractivity contribution in [3.05, 3.63) is 41.2 Å². The number of aromatic nitrogens is 2. The molecule has 0 saturated carbocycles. The average Bonchev–Trinajstić information content (AvgIpc) is 2.72. The highest BCUT2D eigenvalue weighted by Gasteiger charge is 2.22. The number of benzene rings is 1. The van der Waals surface area contributed by atoms with Crippen molar-refractivity contribution in [1.82, 2.24) is 14.5 Å². The zero-order chi connectivity index (χ0) is 15.8. The zero-order valence-electron chi connectivity index (χ0n) is 11.4. The molecule has 0 radical (unpaired) electrons. The van der Waals surface area contributed by atoms with E-state index in [1.807, 2.05) is 0 Å². The van der Waals surface area contributed by atoms with Crippen molar-refractivity contribution in [2.24, 2.45) is 7.05 Å². The summed E-state index contributed by atoms with van der Waals surface area (Å²) in [6.07, 6.45) is 1.65. The largest absolute Gasteiger partial charge is 0.394 e. The Morgan fingerprint density at radius 1 is 1.38 bits per heavy atom. The van der Waals surface area contributed by atoms with Crippen molar-refractivity contribution >= 4 is 15.7 Å². The van der Waals surface area contributed by atoms with E-state index in [0.717, 1.165) is 12.1 Å². The Morgan fingerprint density at radius 2 is 2.05 bits per heavy atom. The van der Waals surface area contributed by atoms with Gasteiger partial charge in [0, 0.05) is 25.4 Å². The highest BCUT2D eigenvalue weighted by Crippen LogP contribution is 2.22. The molecule has 6 nitrogen and oxygen atoms in total. The summed E-state index contributed by atoms with van der Waals surface area (Å²) in [5.74, 6) is -2.31. The van der Waals surface area contributed by atoms with Crippen LogP contribution in [0.1, 0.15) is 11.3 Å². The molecule has 1 aromatic carbocycles. The molecule has 0 amide bonds. The molecule has 9 heteroatoms. The zero-order valence-corrected chi connectivity index (χ0v) is 12.2. The van der Waals surface area contributed by atoms with Crippen molar-refractivity contribution < 1.29 is 17.2 Å². The van der Waals surface area contributed by atoms with Crippen LogP contribution >= 0.6 is 0 Å². The predicted molar refractivity (Wildman–Crippen MR) is 72.7 cm³/mol. The van der Waals surface area contributed by atoms with Gasteiger partial charge >= 0.3 is 0 Å². The SMILES string of the molecule is Cc1nn(C)cc1CNS(=O)(=O)c1ccc(F)c(N)c1F. The lowest BCUT2D eigenvalue weighted by atomic mass is 10.3. The number of nitrogens with two attached hydrogens (primary N) is 1. The lowest BCUT2D eigenvalue weighted by Crippen LogP contribution is -2.24. The van der Waals surface area contributed by atoms with Gasteiger partial charge in [-0.05, 0) is 19.1 Å². The van der Waals surface area contributed by atoms with Crippen LogP contribution in [0.2, 0.25) is 0 Å². The minimum atomic E-state index is -4.14. The lowest BCUT2D eigenvalue weighted by molar-refractivity contribution is 0.548. The molecule has 3 N–H and O–H groups in total. The third-order valence-corrected chi connectivity index (χ3v) is 4.37. The standard InChI is InChI=1S/C12H14F2N4O2S/c1-7-8(6-18(2)17-7)5-16-21(19,20)10-4-3-9(13)12(15)11(10)14/h3-4,6,16H,5,15H2,1-2H3. The Hall–Kier alpha value is -2.00. The molecule has 0 saturated heterocycles. The summed E-state index contributed by atoms with van der Waals surface area (Å²) in [6, 6.07) is 1.64. The highest BCUT2D eigenvalue weighted by atomic mass is 32.2. The first-order valence-corrected chi connectivity index (χ1v) is 7.43. The second kappa shape index (κ2) is 5.41. The molecule has 114 valence electrons. The maximum absolute atomic E-state index is 13.8. The molecule has 0 aliphatic carbocycles. The summed E-state index contributed by atoms with van der Waals surface area (Å²) >= 11 is 0. The number of anilines is 1. The molecule has 1 aromatic heterocycles. The number of aryl methyl sites for hydroxylation is 2. The molecule has 2 aromatic rings. The maximum atomic E-state index is 13.8. The predicted octanol–water partition coefficient (Wildman–Crippen LogP) is 1.07. The van der Waals surface area contributed by atoms with Gasteiger partial charge in [0.2, 0.25) is 10.0 Å². The van der Waals surface area contributed by atoms with E-state index in [1.165, 1.54) is 4.68 Å². The van der Waals surface area contributed by atoms with E-state index in [2.05, 4.69) is 9.82 Å². The number of nitrogens with one attached hydrogen (secondary N) is 1. The van der Waals surface area contributed by atoms with Crippen LogP contribution in [0.3, 0.4) is 0 Å². The van der Waals surface area contributed by atoms with Crippen molar-refractivity contribution in [2.75, 3.05) is 5.73 Å². The fourth-order valence-electron chi connectivity index (χ4n) is 1.83. The van der Waals surface area contributed by atoms with Gasteiger partial charge in [0.25, 0.3) is 0 Å². The van der Waals surface area contributed by atoms with Crippen LogP contribution in [0.25, 0.3) is 0 Å². The Labute approximate surface area is 120 Å². The first kappa shape index (κ1) is 15.4. The number of nitrogens with zero attached hydrogens (tertiary/aromatic N) is 2. The second-order valence-electron chi connectivity index (χ2n) is 4.51. The highest BCUT2D eigenvalue weighted by molar-refractivity contribution is 7.89. The molecule has 0 atom stereocenters. The van der Waals surface area contributed by atoms with Crippen LogP contribution in [0.4, 0.5) is 14.5 Å². The van der Waals surface area contributed by atoms with E-state index < -0.39 is 32.2 Å². The topological polar surface area (TPSA) is 90.0 Å². The number of hydrogen-bond donors (Lipinski definition) is 2. The summed E-state index contributed by atoms with van der Waals surface area (Å²) in [4.78, 5) is -0.692. The van der Waals surface area contributed by atoms with Crippen LogP contribution < -0.4 is 10.5 Å². The van der Waals surface area contributed by atoms with Gasteiger partial charge in [-0.2, -0.15) is 5.10 Å². The molecule has 2 rings (SSSR count). The molecule has 0 aliphatic rings. The van der Waals surface area contributed by atoms with Gasteiger partial charge in [-0.3, -0.25) is 4.68 Å². The van der Waals surface area contributed by atoms with Crippen molar-refractivity contribution in [1.29, 1.82) is 0 Å². The third kappa shape index (κ3) is 3.03. The van der Waals surface area contributed by atoms with E-state index in [-0.39, 0.29) is 6.54 Å². The summed E-state index contributed by atoms with van der Waals surface area (Å²) in [7, 11) is -2.44.